The molecule has 5 heteroatoms. The van der Waals surface area contributed by atoms with Crippen LogP contribution in [0.3, 0.4) is 0 Å². The molecule has 4 nitrogen and oxygen atoms in total. The lowest BCUT2D eigenvalue weighted by molar-refractivity contribution is -0.422. The molecule has 1 saturated carbocycles. The predicted octanol–water partition coefficient (Wildman–Crippen LogP) is 4.45. The summed E-state index contributed by atoms with van der Waals surface area (Å²) in [7, 11) is 0. The zero-order valence-electron chi connectivity index (χ0n) is 11.2. The van der Waals surface area contributed by atoms with Crippen LogP contribution in [0.5, 0.6) is 0 Å². The third-order valence-corrected chi connectivity index (χ3v) is 4.17. The van der Waals surface area contributed by atoms with Crippen molar-refractivity contribution in [3.05, 3.63) is 50.2 Å². The van der Waals surface area contributed by atoms with Crippen LogP contribution in [0.1, 0.15) is 25.5 Å². The standard InChI is InChI=1S/C15H15BrN2O2/c1-10(18(19)20)6-14-7-12-4-5-13(16)8-15(12)17(14)9-11-2-3-11/h4-8,11H,2-3,9H2,1H3/b10-6+. The average molecular weight is 335 g/mol. The molecule has 20 heavy (non-hydrogen) atoms. The first kappa shape index (κ1) is 13.4. The molecule has 0 atom stereocenters. The van der Waals surface area contributed by atoms with Gasteiger partial charge in [0.25, 0.3) is 0 Å². The Kier molecular flexibility index (Phi) is 3.38. The number of allylic oxidation sites excluding steroid dienone is 1. The van der Waals surface area contributed by atoms with E-state index in [0.717, 1.165) is 27.6 Å². The Bertz CT molecular complexity index is 714. The van der Waals surface area contributed by atoms with Gasteiger partial charge in [0.05, 0.1) is 4.92 Å². The van der Waals surface area contributed by atoms with Crippen LogP contribution in [-0.2, 0) is 6.54 Å². The Labute approximate surface area is 125 Å². The van der Waals surface area contributed by atoms with Crippen molar-refractivity contribution in [2.45, 2.75) is 26.3 Å². The number of nitrogens with zero attached hydrogens (tertiary/aromatic N) is 2. The number of benzene rings is 1. The van der Waals surface area contributed by atoms with Crippen LogP contribution in [0, 0.1) is 16.0 Å². The van der Waals surface area contributed by atoms with Crippen LogP contribution in [0.4, 0.5) is 0 Å². The molecule has 104 valence electrons. The van der Waals surface area contributed by atoms with Gasteiger partial charge in [-0.15, -0.1) is 0 Å². The van der Waals surface area contributed by atoms with Crippen LogP contribution >= 0.6 is 15.9 Å². The minimum atomic E-state index is -0.338. The molecule has 2 aromatic rings. The van der Waals surface area contributed by atoms with Gasteiger partial charge in [0.1, 0.15) is 0 Å². The lowest BCUT2D eigenvalue weighted by Gasteiger charge is -2.07. The van der Waals surface area contributed by atoms with E-state index in [2.05, 4.69) is 26.6 Å². The summed E-state index contributed by atoms with van der Waals surface area (Å²) in [5.41, 5.74) is 2.22. The Morgan fingerprint density at radius 2 is 2.25 bits per heavy atom. The van der Waals surface area contributed by atoms with Gasteiger partial charge in [0.15, 0.2) is 0 Å². The van der Waals surface area contributed by atoms with Crippen molar-refractivity contribution in [2.75, 3.05) is 0 Å². The van der Waals surface area contributed by atoms with E-state index < -0.39 is 0 Å². The number of nitro groups is 1. The summed E-state index contributed by atoms with van der Waals surface area (Å²) in [6.45, 7) is 2.48. The molecular formula is C15H15BrN2O2. The van der Waals surface area contributed by atoms with Crippen molar-refractivity contribution >= 4 is 32.9 Å². The number of hydrogen-bond donors (Lipinski definition) is 0. The molecule has 0 bridgehead atoms. The average Bonchev–Trinajstić information content (AvgIpc) is 3.15. The Balaban J connectivity index is 2.13. The third kappa shape index (κ3) is 2.63. The summed E-state index contributed by atoms with van der Waals surface area (Å²) in [5.74, 6) is 0.715. The lowest BCUT2D eigenvalue weighted by Crippen LogP contribution is -2.03. The quantitative estimate of drug-likeness (QED) is 0.612. The molecule has 1 aromatic heterocycles. The van der Waals surface area contributed by atoms with E-state index in [1.807, 2.05) is 18.2 Å². The predicted molar refractivity (Wildman–Crippen MR) is 83.0 cm³/mol. The molecule has 0 spiro atoms. The van der Waals surface area contributed by atoms with E-state index >= 15 is 0 Å². The molecule has 1 aliphatic rings. The maximum Gasteiger partial charge on any atom is 0.245 e. The molecule has 1 aromatic carbocycles. The fourth-order valence-electron chi connectivity index (χ4n) is 2.40. The fraction of sp³-hybridized carbons (Fsp3) is 0.333. The van der Waals surface area contributed by atoms with Crippen molar-refractivity contribution in [3.8, 4) is 0 Å². The maximum atomic E-state index is 10.8. The van der Waals surface area contributed by atoms with Crippen LogP contribution < -0.4 is 0 Å². The molecular weight excluding hydrogens is 320 g/mol. The number of hydrogen-bond acceptors (Lipinski definition) is 2. The SMILES string of the molecule is C/C(=C\c1cc2ccc(Br)cc2n1CC1CC1)[N+](=O)[O-]. The molecule has 1 aliphatic carbocycles. The van der Waals surface area contributed by atoms with Gasteiger partial charge in [0.2, 0.25) is 5.70 Å². The second kappa shape index (κ2) is 5.05. The van der Waals surface area contributed by atoms with Gasteiger partial charge >= 0.3 is 0 Å². The minimum absolute atomic E-state index is 0.170. The van der Waals surface area contributed by atoms with E-state index in [0.29, 0.717) is 5.92 Å². The molecule has 0 saturated heterocycles. The van der Waals surface area contributed by atoms with Gasteiger partial charge < -0.3 is 4.57 Å². The molecule has 0 aliphatic heterocycles. The Morgan fingerprint density at radius 1 is 1.50 bits per heavy atom. The molecule has 1 fully saturated rings. The highest BCUT2D eigenvalue weighted by molar-refractivity contribution is 9.10. The van der Waals surface area contributed by atoms with Gasteiger partial charge in [-0.3, -0.25) is 10.1 Å². The van der Waals surface area contributed by atoms with Crippen molar-refractivity contribution in [3.63, 3.8) is 0 Å². The highest BCUT2D eigenvalue weighted by Crippen LogP contribution is 2.34. The van der Waals surface area contributed by atoms with E-state index in [1.165, 1.54) is 19.8 Å². The van der Waals surface area contributed by atoms with E-state index in [1.54, 1.807) is 6.08 Å². The highest BCUT2D eigenvalue weighted by Gasteiger charge is 2.23. The normalized spacial score (nSPS) is 15.8. The van der Waals surface area contributed by atoms with E-state index in [9.17, 15) is 10.1 Å². The minimum Gasteiger partial charge on any atom is -0.340 e. The molecule has 0 amide bonds. The fourth-order valence-corrected chi connectivity index (χ4v) is 2.75. The van der Waals surface area contributed by atoms with Crippen LogP contribution in [0.2, 0.25) is 0 Å². The molecule has 0 N–H and O–H groups in total. The molecule has 1 heterocycles. The summed E-state index contributed by atoms with van der Waals surface area (Å²) in [6, 6.07) is 8.15. The smallest absolute Gasteiger partial charge is 0.245 e. The third-order valence-electron chi connectivity index (χ3n) is 3.68. The van der Waals surface area contributed by atoms with Crippen molar-refractivity contribution < 1.29 is 4.92 Å². The summed E-state index contributed by atoms with van der Waals surface area (Å²) >= 11 is 3.49. The summed E-state index contributed by atoms with van der Waals surface area (Å²) in [6.07, 6.45) is 4.17. The van der Waals surface area contributed by atoms with Crippen LogP contribution in [-0.4, -0.2) is 9.49 Å². The number of fused-ring (bicyclic) bond motifs is 1. The van der Waals surface area contributed by atoms with Crippen LogP contribution in [0.25, 0.3) is 17.0 Å². The first-order valence-electron chi connectivity index (χ1n) is 6.66. The van der Waals surface area contributed by atoms with Gasteiger partial charge in [0, 0.05) is 40.6 Å². The number of halogens is 1. The monoisotopic (exact) mass is 334 g/mol. The van der Waals surface area contributed by atoms with Gasteiger partial charge in [-0.2, -0.15) is 0 Å². The van der Waals surface area contributed by atoms with Crippen LogP contribution in [0.15, 0.2) is 34.4 Å². The summed E-state index contributed by atoms with van der Waals surface area (Å²) in [4.78, 5) is 10.5. The first-order chi connectivity index (χ1) is 9.54. The van der Waals surface area contributed by atoms with Crippen molar-refractivity contribution in [2.24, 2.45) is 5.92 Å². The largest absolute Gasteiger partial charge is 0.340 e. The van der Waals surface area contributed by atoms with E-state index in [4.69, 9.17) is 0 Å². The zero-order chi connectivity index (χ0) is 14.3. The zero-order valence-corrected chi connectivity index (χ0v) is 12.8. The van der Waals surface area contributed by atoms with Gasteiger partial charge in [-0.25, -0.2) is 0 Å². The van der Waals surface area contributed by atoms with Crippen molar-refractivity contribution in [1.29, 1.82) is 0 Å². The summed E-state index contributed by atoms with van der Waals surface area (Å²) < 4.78 is 3.23. The first-order valence-corrected chi connectivity index (χ1v) is 7.45. The second-order valence-electron chi connectivity index (χ2n) is 5.37. The molecule has 0 radical (unpaired) electrons. The maximum absolute atomic E-state index is 10.8. The second-order valence-corrected chi connectivity index (χ2v) is 6.28. The Morgan fingerprint density at radius 3 is 2.90 bits per heavy atom. The van der Waals surface area contributed by atoms with Gasteiger partial charge in [-0.05, 0) is 37.0 Å². The topological polar surface area (TPSA) is 48.1 Å². The number of rotatable bonds is 4. The number of aromatic nitrogens is 1. The Hall–Kier alpha value is -1.62. The molecule has 0 unspecified atom stereocenters. The molecule has 3 rings (SSSR count). The van der Waals surface area contributed by atoms with E-state index in [-0.39, 0.29) is 10.6 Å². The highest BCUT2D eigenvalue weighted by atomic mass is 79.9. The van der Waals surface area contributed by atoms with Gasteiger partial charge in [-0.1, -0.05) is 22.0 Å². The lowest BCUT2D eigenvalue weighted by atomic mass is 10.2. The van der Waals surface area contributed by atoms with Crippen molar-refractivity contribution in [1.82, 2.24) is 4.57 Å². The summed E-state index contributed by atoms with van der Waals surface area (Å²) in [5, 5.41) is 12.0.